The molecule has 26 heavy (non-hydrogen) atoms. The third-order valence-corrected chi connectivity index (χ3v) is 5.48. The quantitative estimate of drug-likeness (QED) is 0.443. The van der Waals surface area contributed by atoms with Crippen LogP contribution in [-0.2, 0) is 19.1 Å². The minimum Gasteiger partial charge on any atom is -0.454 e. The van der Waals surface area contributed by atoms with Gasteiger partial charge in [-0.1, -0.05) is 23.8 Å². The minimum absolute atomic E-state index is 0.126. The maximum absolute atomic E-state index is 12.2. The summed E-state index contributed by atoms with van der Waals surface area (Å²) < 4.78 is 11.2. The van der Waals surface area contributed by atoms with Gasteiger partial charge in [-0.3, -0.25) is 5.32 Å². The van der Waals surface area contributed by atoms with Crippen LogP contribution in [0, 0.1) is 5.92 Å². The molecule has 1 aliphatic carbocycles. The molecule has 0 aromatic heterocycles. The molecule has 0 aromatic carbocycles. The smallest absolute Gasteiger partial charge is 0.335 e. The van der Waals surface area contributed by atoms with E-state index in [9.17, 15) is 9.59 Å². The topological polar surface area (TPSA) is 64.6 Å². The molecular formula is C21H27NO4. The lowest BCUT2D eigenvalue weighted by Gasteiger charge is -2.31. The van der Waals surface area contributed by atoms with Gasteiger partial charge in [0.1, 0.15) is 6.10 Å². The summed E-state index contributed by atoms with van der Waals surface area (Å²) in [6.07, 6.45) is 9.52. The fourth-order valence-electron chi connectivity index (χ4n) is 4.02. The van der Waals surface area contributed by atoms with Crippen LogP contribution < -0.4 is 5.32 Å². The average molecular weight is 357 g/mol. The molecule has 0 spiro atoms. The van der Waals surface area contributed by atoms with Crippen molar-refractivity contribution < 1.29 is 19.1 Å². The molecule has 140 valence electrons. The summed E-state index contributed by atoms with van der Waals surface area (Å²) in [6, 6.07) is 0. The van der Waals surface area contributed by atoms with Crippen molar-refractivity contribution in [2.75, 3.05) is 7.05 Å². The largest absolute Gasteiger partial charge is 0.454 e. The summed E-state index contributed by atoms with van der Waals surface area (Å²) in [7, 11) is 1.79. The zero-order chi connectivity index (χ0) is 18.9. The SMILES string of the molecule is C=C1C(=O)OC2(NC)C=C(C)CC3C=C(CCC=C(C)CCC12)C(=O)O3. The van der Waals surface area contributed by atoms with Crippen LogP contribution in [0.1, 0.15) is 46.0 Å². The monoisotopic (exact) mass is 357 g/mol. The van der Waals surface area contributed by atoms with Gasteiger partial charge in [-0.15, -0.1) is 0 Å². The van der Waals surface area contributed by atoms with Gasteiger partial charge in [-0.25, -0.2) is 9.59 Å². The fourth-order valence-corrected chi connectivity index (χ4v) is 4.02. The van der Waals surface area contributed by atoms with Gasteiger partial charge in [0.15, 0.2) is 5.72 Å². The van der Waals surface area contributed by atoms with Crippen molar-refractivity contribution in [1.29, 1.82) is 0 Å². The molecule has 3 aliphatic rings. The van der Waals surface area contributed by atoms with Crippen molar-refractivity contribution in [3.8, 4) is 0 Å². The van der Waals surface area contributed by atoms with Gasteiger partial charge in [0.05, 0.1) is 0 Å². The van der Waals surface area contributed by atoms with Crippen LogP contribution >= 0.6 is 0 Å². The second-order valence-electron chi connectivity index (χ2n) is 7.47. The van der Waals surface area contributed by atoms with Gasteiger partial charge in [0.2, 0.25) is 0 Å². The number of esters is 2. The summed E-state index contributed by atoms with van der Waals surface area (Å²) in [5.41, 5.74) is 2.62. The van der Waals surface area contributed by atoms with E-state index in [1.807, 2.05) is 19.1 Å². The third kappa shape index (κ3) is 3.54. The Kier molecular flexibility index (Phi) is 5.19. The van der Waals surface area contributed by atoms with Gasteiger partial charge in [-0.05, 0) is 58.7 Å². The Morgan fingerprint density at radius 1 is 1.19 bits per heavy atom. The first-order valence-corrected chi connectivity index (χ1v) is 9.21. The summed E-state index contributed by atoms with van der Waals surface area (Å²) in [6.45, 7) is 8.03. The summed E-state index contributed by atoms with van der Waals surface area (Å²) >= 11 is 0. The first-order valence-electron chi connectivity index (χ1n) is 9.21. The van der Waals surface area contributed by atoms with Crippen LogP contribution in [0.3, 0.4) is 0 Å². The molecule has 5 nitrogen and oxygen atoms in total. The molecular weight excluding hydrogens is 330 g/mol. The lowest BCUT2D eigenvalue weighted by Crippen LogP contribution is -2.47. The number of hydrogen-bond donors (Lipinski definition) is 1. The number of ether oxygens (including phenoxy) is 2. The van der Waals surface area contributed by atoms with E-state index in [2.05, 4.69) is 24.9 Å². The molecule has 2 bridgehead atoms. The van der Waals surface area contributed by atoms with Crippen LogP contribution in [0.25, 0.3) is 0 Å². The minimum atomic E-state index is -0.891. The van der Waals surface area contributed by atoms with E-state index >= 15 is 0 Å². The van der Waals surface area contributed by atoms with E-state index in [-0.39, 0.29) is 24.0 Å². The van der Waals surface area contributed by atoms with Crippen LogP contribution in [-0.4, -0.2) is 30.8 Å². The molecule has 3 atom stereocenters. The highest BCUT2D eigenvalue weighted by molar-refractivity contribution is 5.92. The second-order valence-corrected chi connectivity index (χ2v) is 7.47. The molecule has 0 aromatic rings. The fraction of sp³-hybridized carbons (Fsp3) is 0.524. The van der Waals surface area contributed by atoms with Gasteiger partial charge in [-0.2, -0.15) is 0 Å². The summed E-state index contributed by atoms with van der Waals surface area (Å²) in [4.78, 5) is 24.3. The van der Waals surface area contributed by atoms with Crippen molar-refractivity contribution >= 4 is 11.9 Å². The van der Waals surface area contributed by atoms with Gasteiger partial charge >= 0.3 is 11.9 Å². The molecule has 3 rings (SSSR count). The van der Waals surface area contributed by atoms with Crippen molar-refractivity contribution in [1.82, 2.24) is 5.32 Å². The molecule has 0 radical (unpaired) electrons. The van der Waals surface area contributed by atoms with Crippen molar-refractivity contribution in [3.63, 3.8) is 0 Å². The van der Waals surface area contributed by atoms with Crippen molar-refractivity contribution in [2.45, 2.75) is 57.8 Å². The Bertz CT molecular complexity index is 730. The molecule has 1 N–H and O–H groups in total. The lowest BCUT2D eigenvalue weighted by atomic mass is 9.84. The molecule has 3 unspecified atom stereocenters. The van der Waals surface area contributed by atoms with Crippen LogP contribution in [0.2, 0.25) is 0 Å². The second kappa shape index (κ2) is 7.23. The van der Waals surface area contributed by atoms with E-state index in [1.165, 1.54) is 5.57 Å². The Hall–Kier alpha value is -2.14. The normalized spacial score (nSPS) is 32.7. The molecule has 2 aliphatic heterocycles. The highest BCUT2D eigenvalue weighted by Gasteiger charge is 2.49. The summed E-state index contributed by atoms with van der Waals surface area (Å²) in [5.74, 6) is -0.696. The Labute approximate surface area is 154 Å². The van der Waals surface area contributed by atoms with Gasteiger partial charge in [0.25, 0.3) is 0 Å². The van der Waals surface area contributed by atoms with E-state index in [1.54, 1.807) is 7.05 Å². The van der Waals surface area contributed by atoms with Crippen LogP contribution in [0.4, 0.5) is 0 Å². The third-order valence-electron chi connectivity index (χ3n) is 5.48. The van der Waals surface area contributed by atoms with Gasteiger partial charge < -0.3 is 9.47 Å². The van der Waals surface area contributed by atoms with Gasteiger partial charge in [0, 0.05) is 23.5 Å². The zero-order valence-corrected chi connectivity index (χ0v) is 15.8. The van der Waals surface area contributed by atoms with E-state index in [0.717, 1.165) is 30.4 Å². The van der Waals surface area contributed by atoms with E-state index < -0.39 is 5.72 Å². The molecule has 0 saturated carbocycles. The zero-order valence-electron chi connectivity index (χ0n) is 15.8. The predicted octanol–water partition coefficient (Wildman–Crippen LogP) is 3.34. The standard InChI is InChI=1S/C21H27NO4/c1-13-6-5-7-16-11-17(25-20(16)24)10-14(2)12-21(22-4)18(9-8-13)15(3)19(23)26-21/h6,11-12,17-18,22H,3,5,7-10H2,1-2,4H3. The predicted molar refractivity (Wildman–Crippen MR) is 99.1 cm³/mol. The number of hydrogen-bond acceptors (Lipinski definition) is 5. The molecule has 0 amide bonds. The summed E-state index contributed by atoms with van der Waals surface area (Å²) in [5, 5.41) is 3.19. The highest BCUT2D eigenvalue weighted by Crippen LogP contribution is 2.40. The number of carbonyl (C=O) groups is 2. The van der Waals surface area contributed by atoms with Crippen LogP contribution in [0.5, 0.6) is 0 Å². The molecule has 1 fully saturated rings. The highest BCUT2D eigenvalue weighted by atomic mass is 16.6. The first-order chi connectivity index (χ1) is 12.3. The number of carbonyl (C=O) groups excluding carboxylic acids is 2. The Balaban J connectivity index is 1.97. The lowest BCUT2D eigenvalue weighted by molar-refractivity contribution is -0.146. The number of likely N-dealkylation sites (N-methyl/N-ethyl adjacent to an activating group) is 1. The van der Waals surface area contributed by atoms with Crippen molar-refractivity contribution in [3.05, 3.63) is 47.1 Å². The molecule has 5 heteroatoms. The van der Waals surface area contributed by atoms with E-state index in [4.69, 9.17) is 9.47 Å². The Morgan fingerprint density at radius 2 is 1.96 bits per heavy atom. The van der Waals surface area contributed by atoms with Crippen molar-refractivity contribution in [2.24, 2.45) is 5.92 Å². The molecule has 1 saturated heterocycles. The maximum atomic E-state index is 12.2. The number of rotatable bonds is 1. The average Bonchev–Trinajstić information content (AvgIpc) is 3.03. The maximum Gasteiger partial charge on any atom is 0.335 e. The first kappa shape index (κ1) is 18.6. The number of fused-ring (bicyclic) bond motifs is 2. The number of nitrogens with one attached hydrogen (secondary N) is 1. The van der Waals surface area contributed by atoms with Crippen LogP contribution in [0.15, 0.2) is 47.1 Å². The van der Waals surface area contributed by atoms with E-state index in [0.29, 0.717) is 18.4 Å². The number of allylic oxidation sites excluding steroid dienone is 2. The Morgan fingerprint density at radius 3 is 2.69 bits per heavy atom. The molecule has 2 heterocycles.